The van der Waals surface area contributed by atoms with Crippen molar-refractivity contribution in [3.05, 3.63) is 131 Å². The summed E-state index contributed by atoms with van der Waals surface area (Å²) < 4.78 is 10.6. The summed E-state index contributed by atoms with van der Waals surface area (Å²) in [5, 5.41) is 15.6. The van der Waals surface area contributed by atoms with E-state index >= 15 is 0 Å². The fourth-order valence-corrected chi connectivity index (χ4v) is 15.5. The summed E-state index contributed by atoms with van der Waals surface area (Å²) in [6.45, 7) is 14.4. The number of ether oxygens (including phenoxy) is 2. The Morgan fingerprint density at radius 1 is 0.816 bits per heavy atom. The summed E-state index contributed by atoms with van der Waals surface area (Å²) in [7, 11) is 2.66. The first-order chi connectivity index (χ1) is 47.0. The quantitative estimate of drug-likeness (QED) is 0.00605. The molecule has 7 atom stereocenters. The lowest BCUT2D eigenvalue weighted by Gasteiger charge is -2.22. The predicted octanol–water partition coefficient (Wildman–Crippen LogP) is 8.13. The molecule has 0 saturated carbocycles. The third-order valence-electron chi connectivity index (χ3n) is 18.5. The zero-order chi connectivity index (χ0) is 70.5. The monoisotopic (exact) mass is 1380 g/mol. The molecule has 2 aliphatic carbocycles. The molecular weight excluding hydrogens is 1290 g/mol. The Labute approximate surface area is 574 Å². The molecular formula is C71H83N11O14S2. The number of H-pyrrole nitrogens is 2. The number of Topliss-reactive ketones (excluding diaryl/α,β-unsaturated/α-hetero) is 5. The van der Waals surface area contributed by atoms with Gasteiger partial charge in [-0.1, -0.05) is 66.6 Å². The third kappa shape index (κ3) is 17.4. The standard InChI is InChI=1S/C71H83N11O14S2/c1-9-47-37(4)50-30-55-62(40(7)85)39(6)52(78-55)29-51-38(5)48(66(80-51)64-49-26-44(27-53(47)77-50)36(3)63(49)68(92)65(64)58(88)33-83)22-23-60(90)81-82-71(94)95-24-13-25-97-98-34-46(96-35-84)28-57(87)54(31-61(91)72-10-2)79-59(89)15-12-11-14-56(86)43-19-16-42(17-20-43)18-21-45-32-73-69-67(76-45)70(93)75-41(8)74-69/h16-17,19-20,27,29-30,32,35,37-38,46-48,54,65,78,83H,9-15,18,21-26,28,31,33-34H2,1-8H3,(H,72,91)(H,79,89)(H,81,90)(H,82,94)(H,73,74,75,93)/t37-,38+,46+,47-,48+,54+,65?/m1/s1. The van der Waals surface area contributed by atoms with Gasteiger partial charge in [0.25, 0.3) is 12.0 Å². The summed E-state index contributed by atoms with van der Waals surface area (Å²) in [5.74, 6) is -4.32. The molecule has 0 saturated heterocycles. The predicted molar refractivity (Wildman–Crippen MR) is 371 cm³/mol. The Hall–Kier alpha value is -9.08. The van der Waals surface area contributed by atoms with Crippen LogP contribution in [0.5, 0.6) is 0 Å². The minimum absolute atomic E-state index is 0.0109. The molecule has 0 spiro atoms. The smallest absolute Gasteiger partial charge is 0.426 e. The second-order valence-electron chi connectivity index (χ2n) is 25.2. The number of aliphatic imine (C=N–C) groups is 2. The van der Waals surface area contributed by atoms with Crippen LogP contribution in [-0.2, 0) is 55.9 Å². The number of unbranched alkanes of at least 4 members (excludes halogenated alkanes) is 1. The van der Waals surface area contributed by atoms with Gasteiger partial charge in [-0.3, -0.25) is 63.4 Å². The van der Waals surface area contributed by atoms with Gasteiger partial charge in [0.2, 0.25) is 17.7 Å². The maximum absolute atomic E-state index is 14.5. The van der Waals surface area contributed by atoms with Gasteiger partial charge in [-0.25, -0.2) is 25.2 Å². The fraction of sp³-hybridized carbons (Fsp3) is 0.465. The van der Waals surface area contributed by atoms with Crippen LogP contribution in [0.1, 0.15) is 167 Å². The second-order valence-corrected chi connectivity index (χ2v) is 27.8. The van der Waals surface area contributed by atoms with E-state index in [-0.39, 0.29) is 103 Å². The number of carbonyl (C=O) groups is 10. The van der Waals surface area contributed by atoms with E-state index < -0.39 is 71.8 Å². The van der Waals surface area contributed by atoms with Crippen LogP contribution in [0.3, 0.4) is 0 Å². The molecule has 4 aromatic rings. The van der Waals surface area contributed by atoms with Gasteiger partial charge in [-0.15, -0.1) is 0 Å². The fourth-order valence-electron chi connectivity index (χ4n) is 13.3. The van der Waals surface area contributed by atoms with E-state index in [4.69, 9.17) is 19.5 Å². The molecule has 7 N–H and O–H groups in total. The second kappa shape index (κ2) is 33.4. The van der Waals surface area contributed by atoms with Gasteiger partial charge < -0.3 is 35.2 Å². The van der Waals surface area contributed by atoms with Crippen molar-refractivity contribution in [2.75, 3.05) is 31.3 Å². The molecule has 27 heteroatoms. The van der Waals surface area contributed by atoms with Crippen molar-refractivity contribution in [2.45, 2.75) is 151 Å². The molecule has 3 aromatic heterocycles. The Bertz CT molecular complexity index is 4140. The number of aryl methyl sites for hydroxylation is 3. The highest BCUT2D eigenvalue weighted by molar-refractivity contribution is 8.76. The highest BCUT2D eigenvalue weighted by atomic mass is 33.1. The Kier molecular flexibility index (Phi) is 25.0. The van der Waals surface area contributed by atoms with Crippen LogP contribution in [0.4, 0.5) is 4.79 Å². The molecule has 518 valence electrons. The summed E-state index contributed by atoms with van der Waals surface area (Å²) in [6, 6.07) is 5.98. The maximum atomic E-state index is 14.5. The van der Waals surface area contributed by atoms with Crippen LogP contribution in [-0.4, -0.2) is 144 Å². The van der Waals surface area contributed by atoms with E-state index in [1.165, 1.54) is 28.5 Å². The molecule has 9 rings (SSSR count). The first-order valence-corrected chi connectivity index (χ1v) is 35.7. The summed E-state index contributed by atoms with van der Waals surface area (Å²) in [4.78, 5) is 174. The van der Waals surface area contributed by atoms with Gasteiger partial charge in [-0.05, 0) is 138 Å². The highest BCUT2D eigenvalue weighted by Gasteiger charge is 2.50. The van der Waals surface area contributed by atoms with Crippen molar-refractivity contribution in [2.24, 2.45) is 39.6 Å². The molecule has 6 heterocycles. The number of nitrogens with zero attached hydrogens (tertiary/aromatic N) is 5. The van der Waals surface area contributed by atoms with Crippen molar-refractivity contribution in [3.63, 3.8) is 0 Å². The van der Waals surface area contributed by atoms with E-state index in [2.05, 4.69) is 60.3 Å². The number of aliphatic hydroxyl groups is 1. The number of amides is 4. The average molecular weight is 1380 g/mol. The molecule has 0 fully saturated rings. The van der Waals surface area contributed by atoms with Crippen LogP contribution < -0.4 is 27.0 Å². The molecule has 0 radical (unpaired) electrons. The maximum Gasteiger partial charge on any atom is 0.426 e. The number of hydrogen-bond acceptors (Lipinski definition) is 21. The number of allylic oxidation sites excluding steroid dienone is 8. The lowest BCUT2D eigenvalue weighted by molar-refractivity contribution is -0.137. The largest absolute Gasteiger partial charge is 0.463 e. The van der Waals surface area contributed by atoms with E-state index in [1.54, 1.807) is 32.2 Å². The van der Waals surface area contributed by atoms with Gasteiger partial charge in [0.05, 0.1) is 36.7 Å². The topological polar surface area (TPSA) is 370 Å². The van der Waals surface area contributed by atoms with Crippen LogP contribution in [0, 0.1) is 43.4 Å². The van der Waals surface area contributed by atoms with Crippen LogP contribution in [0.15, 0.2) is 90.6 Å². The minimum atomic E-state index is -1.30. The number of fused-ring (bicyclic) bond motifs is 7. The first kappa shape index (κ1) is 73.2. The molecule has 8 bridgehead atoms. The Morgan fingerprint density at radius 2 is 1.55 bits per heavy atom. The molecule has 25 nitrogen and oxygen atoms in total. The normalized spacial score (nSPS) is 19.1. The Balaban J connectivity index is 0.719. The number of benzene rings is 1. The van der Waals surface area contributed by atoms with Crippen LogP contribution >= 0.6 is 21.6 Å². The van der Waals surface area contributed by atoms with Crippen molar-refractivity contribution in [1.29, 1.82) is 0 Å². The summed E-state index contributed by atoms with van der Waals surface area (Å²) >= 11 is 0. The van der Waals surface area contributed by atoms with Gasteiger partial charge in [0.1, 0.15) is 24.5 Å². The van der Waals surface area contributed by atoms with Gasteiger partial charge in [0, 0.05) is 113 Å². The number of carbonyl (C=O) groups excluding carboxylic acids is 10. The molecule has 1 aromatic carbocycles. The van der Waals surface area contributed by atoms with Crippen molar-refractivity contribution >= 4 is 116 Å². The number of aromatic amines is 2. The van der Waals surface area contributed by atoms with E-state index in [9.17, 15) is 57.8 Å². The van der Waals surface area contributed by atoms with Crippen molar-refractivity contribution in [1.82, 2.24) is 46.4 Å². The number of hydrogen-bond donors (Lipinski definition) is 7. The molecule has 5 aliphatic rings. The molecule has 3 aliphatic heterocycles. The number of rotatable bonds is 32. The summed E-state index contributed by atoms with van der Waals surface area (Å²) in [5.41, 5.74) is 15.3. The summed E-state index contributed by atoms with van der Waals surface area (Å²) in [6.07, 6.45) is 8.58. The molecule has 4 amide bonds. The first-order valence-electron chi connectivity index (χ1n) is 33.2. The zero-order valence-corrected chi connectivity index (χ0v) is 57.9. The van der Waals surface area contributed by atoms with Crippen LogP contribution in [0.25, 0.3) is 23.3 Å². The van der Waals surface area contributed by atoms with Gasteiger partial charge in [0.15, 0.2) is 40.1 Å². The van der Waals surface area contributed by atoms with E-state index in [1.807, 2.05) is 51.1 Å². The highest BCUT2D eigenvalue weighted by Crippen LogP contribution is 2.51. The molecule has 98 heavy (non-hydrogen) atoms. The number of hydrazine groups is 1. The van der Waals surface area contributed by atoms with Crippen LogP contribution in [0.2, 0.25) is 0 Å². The van der Waals surface area contributed by atoms with Crippen molar-refractivity contribution in [3.8, 4) is 0 Å². The zero-order valence-electron chi connectivity index (χ0n) is 56.3. The average Bonchev–Trinajstić information content (AvgIpc) is 1.56. The number of aliphatic hydroxyl groups excluding tert-OH is 1. The Morgan fingerprint density at radius 3 is 2.28 bits per heavy atom. The lowest BCUT2D eigenvalue weighted by atomic mass is 9.79. The number of aromatic nitrogens is 5. The molecule has 1 unspecified atom stereocenters. The number of nitrogens with one attached hydrogen (secondary N) is 6. The number of ketones is 5. The SMILES string of the molecule is CCNC(=O)C[C@H](NC(=O)CCCCC(=O)c1ccc(CCc2cnc3nc(C)[nH]c(=O)c3n2)cc1)C(=O)C[C@@H](CSSCCCOC(=O)NNC(=O)CC[C@@H]1C2=NC(=Cc3[nH]c(c(C(C)=O)c3C)C=C3N=C(C=C4CC5=C2C(C(=O)CO)C(=O)C5=C4C)[C@H](CC)[C@H]3C)[C@H]1C)OC=O. The van der Waals surface area contributed by atoms with E-state index in [0.29, 0.717) is 119 Å². The van der Waals surface area contributed by atoms with E-state index in [0.717, 1.165) is 34.5 Å². The minimum Gasteiger partial charge on any atom is -0.463 e. The van der Waals surface area contributed by atoms with Gasteiger partial charge in [-0.2, -0.15) is 0 Å². The van der Waals surface area contributed by atoms with Crippen molar-refractivity contribution < 1.29 is 62.5 Å². The third-order valence-corrected chi connectivity index (χ3v) is 21.0. The van der Waals surface area contributed by atoms with Gasteiger partial charge >= 0.3 is 6.09 Å². The lowest BCUT2D eigenvalue weighted by Crippen LogP contribution is -2.45.